The lowest BCUT2D eigenvalue weighted by atomic mass is 9.79. The molecule has 4 rings (SSSR count). The maximum absolute atomic E-state index is 12.4. The lowest BCUT2D eigenvalue weighted by Gasteiger charge is -2.46. The van der Waals surface area contributed by atoms with E-state index in [1.165, 1.54) is 22.7 Å². The highest BCUT2D eigenvalue weighted by atomic mass is 32.2. The molecule has 4 heterocycles. The van der Waals surface area contributed by atoms with Crippen LogP contribution in [0.2, 0.25) is 0 Å². The molecule has 0 aliphatic carbocycles. The molecule has 0 bridgehead atoms. The molecule has 0 spiro atoms. The molecule has 0 radical (unpaired) electrons. The second kappa shape index (κ2) is 7.15. The number of carboxylic acid groups (broad SMARTS) is 2. The van der Waals surface area contributed by atoms with Crippen molar-refractivity contribution >= 4 is 29.6 Å². The first-order valence-corrected chi connectivity index (χ1v) is 10.1. The number of carbonyl (C=O) groups excluding carboxylic acids is 1. The number of rotatable bonds is 7. The first kappa shape index (κ1) is 19.9. The molecule has 3 N–H and O–H groups in total. The number of amides is 1. The summed E-state index contributed by atoms with van der Waals surface area (Å²) in [7, 11) is 0. The maximum atomic E-state index is 12.4. The zero-order chi connectivity index (χ0) is 21.0. The van der Waals surface area contributed by atoms with Gasteiger partial charge in [0.05, 0.1) is 24.6 Å². The molecule has 4 atom stereocenters. The topological polar surface area (TPSA) is 144 Å². The number of aliphatic hydroxyl groups excluding tert-OH is 1. The van der Waals surface area contributed by atoms with Crippen molar-refractivity contribution in [2.24, 2.45) is 11.8 Å². The highest BCUT2D eigenvalue weighted by Crippen LogP contribution is 2.51. The lowest BCUT2D eigenvalue weighted by Crippen LogP contribution is -2.63. The minimum absolute atomic E-state index is 0.0363. The SMILES string of the molecule is C[C@H]1C(SC2CN(Cc3cc(C(=O)O)no3)C2)=C(C(=O)O)N2C(=O)[C@H]([C@@H](C)O)C12. The Morgan fingerprint density at radius 3 is 2.59 bits per heavy atom. The molecule has 29 heavy (non-hydrogen) atoms. The molecule has 3 aliphatic rings. The normalized spacial score (nSPS) is 28.2. The quantitative estimate of drug-likeness (QED) is 0.528. The number of hydrogen-bond acceptors (Lipinski definition) is 8. The fourth-order valence-electron chi connectivity index (χ4n) is 4.29. The van der Waals surface area contributed by atoms with Gasteiger partial charge in [-0.1, -0.05) is 12.1 Å². The van der Waals surface area contributed by atoms with Gasteiger partial charge in [0.25, 0.3) is 0 Å². The van der Waals surface area contributed by atoms with Crippen molar-refractivity contribution in [3.05, 3.63) is 28.1 Å². The second-order valence-corrected chi connectivity index (χ2v) is 9.03. The van der Waals surface area contributed by atoms with Gasteiger partial charge >= 0.3 is 11.9 Å². The Morgan fingerprint density at radius 2 is 2.03 bits per heavy atom. The number of aromatic carboxylic acids is 1. The summed E-state index contributed by atoms with van der Waals surface area (Å²) >= 11 is 1.47. The number of likely N-dealkylation sites (tertiary alicyclic amines) is 1. The van der Waals surface area contributed by atoms with Crippen LogP contribution in [0.5, 0.6) is 0 Å². The molecule has 2 fully saturated rings. The zero-order valence-corrected chi connectivity index (χ0v) is 16.6. The number of thioether (sulfide) groups is 1. The number of aliphatic hydroxyl groups is 1. The number of aromatic nitrogens is 1. The van der Waals surface area contributed by atoms with Crippen LogP contribution in [-0.2, 0) is 16.1 Å². The Balaban J connectivity index is 1.40. The standard InChI is InChI=1S/C18H21N3O7S/c1-7-13-12(8(2)22)16(23)21(13)14(18(26)27)15(7)29-10-5-20(6-10)4-9-3-11(17(24)25)19-28-9/h3,7-8,10,12-13,22H,4-6H2,1-2H3,(H,24,25)(H,26,27)/t7-,8-,12-,13?/m1/s1. The summed E-state index contributed by atoms with van der Waals surface area (Å²) in [5.74, 6) is -2.86. The average molecular weight is 423 g/mol. The highest BCUT2D eigenvalue weighted by molar-refractivity contribution is 8.03. The second-order valence-electron chi connectivity index (χ2n) is 7.69. The van der Waals surface area contributed by atoms with Crippen LogP contribution in [0.25, 0.3) is 0 Å². The number of fused-ring (bicyclic) bond motifs is 1. The molecule has 1 aromatic rings. The number of hydrogen-bond donors (Lipinski definition) is 3. The minimum Gasteiger partial charge on any atom is -0.477 e. The van der Waals surface area contributed by atoms with Crippen molar-refractivity contribution in [3.8, 4) is 0 Å². The Morgan fingerprint density at radius 1 is 1.34 bits per heavy atom. The van der Waals surface area contributed by atoms with Gasteiger partial charge in [-0.2, -0.15) is 0 Å². The fraction of sp³-hybridized carbons (Fsp3) is 0.556. The number of aliphatic carboxylic acids is 1. The van der Waals surface area contributed by atoms with Crippen LogP contribution in [0, 0.1) is 11.8 Å². The molecule has 1 unspecified atom stereocenters. The monoisotopic (exact) mass is 423 g/mol. The van der Waals surface area contributed by atoms with Crippen LogP contribution in [0.1, 0.15) is 30.1 Å². The zero-order valence-electron chi connectivity index (χ0n) is 15.8. The van der Waals surface area contributed by atoms with E-state index in [-0.39, 0.29) is 34.5 Å². The number of β-lactam (4-membered cyclic amide) rings is 1. The Kier molecular flexibility index (Phi) is 4.91. The van der Waals surface area contributed by atoms with Crippen molar-refractivity contribution in [2.75, 3.05) is 13.1 Å². The van der Waals surface area contributed by atoms with Gasteiger partial charge < -0.3 is 24.7 Å². The van der Waals surface area contributed by atoms with Crippen LogP contribution in [0.3, 0.4) is 0 Å². The third-order valence-electron chi connectivity index (χ3n) is 5.69. The first-order valence-electron chi connectivity index (χ1n) is 9.25. The van der Waals surface area contributed by atoms with Gasteiger partial charge in [0.1, 0.15) is 5.70 Å². The molecular formula is C18H21N3O7S. The molecule has 1 amide bonds. The predicted octanol–water partition coefficient (Wildman–Crippen LogP) is 0.444. The molecular weight excluding hydrogens is 402 g/mol. The van der Waals surface area contributed by atoms with E-state index in [2.05, 4.69) is 5.16 Å². The summed E-state index contributed by atoms with van der Waals surface area (Å²) in [5, 5.41) is 32.1. The van der Waals surface area contributed by atoms with Crippen LogP contribution < -0.4 is 0 Å². The van der Waals surface area contributed by atoms with Crippen molar-refractivity contribution in [2.45, 2.75) is 37.8 Å². The van der Waals surface area contributed by atoms with Gasteiger partial charge in [-0.3, -0.25) is 9.69 Å². The maximum Gasteiger partial charge on any atom is 0.358 e. The van der Waals surface area contributed by atoms with E-state index in [0.717, 1.165) is 0 Å². The third kappa shape index (κ3) is 3.22. The largest absolute Gasteiger partial charge is 0.477 e. The molecule has 0 aromatic carbocycles. The van der Waals surface area contributed by atoms with Crippen LogP contribution >= 0.6 is 11.8 Å². The Labute approximate surface area is 170 Å². The number of carboxylic acids is 2. The van der Waals surface area contributed by atoms with Gasteiger partial charge in [-0.25, -0.2) is 9.59 Å². The van der Waals surface area contributed by atoms with Crippen molar-refractivity contribution < 1.29 is 34.2 Å². The van der Waals surface area contributed by atoms with E-state index >= 15 is 0 Å². The Bertz CT molecular complexity index is 905. The summed E-state index contributed by atoms with van der Waals surface area (Å²) in [6.07, 6.45) is -0.817. The van der Waals surface area contributed by atoms with Gasteiger partial charge in [0.15, 0.2) is 11.5 Å². The summed E-state index contributed by atoms with van der Waals surface area (Å²) in [6.45, 7) is 5.23. The van der Waals surface area contributed by atoms with E-state index in [4.69, 9.17) is 9.63 Å². The van der Waals surface area contributed by atoms with Crippen LogP contribution in [-0.4, -0.2) is 78.6 Å². The minimum atomic E-state index is -1.14. The number of carbonyl (C=O) groups is 3. The van der Waals surface area contributed by atoms with Crippen LogP contribution in [0.4, 0.5) is 0 Å². The number of nitrogens with zero attached hydrogens (tertiary/aromatic N) is 3. The van der Waals surface area contributed by atoms with E-state index in [9.17, 15) is 24.6 Å². The van der Waals surface area contributed by atoms with Gasteiger partial charge in [0.2, 0.25) is 5.91 Å². The molecule has 2 saturated heterocycles. The predicted molar refractivity (Wildman–Crippen MR) is 99.7 cm³/mol. The molecule has 3 aliphatic heterocycles. The molecule has 11 heteroatoms. The van der Waals surface area contributed by atoms with E-state index in [0.29, 0.717) is 30.3 Å². The van der Waals surface area contributed by atoms with Crippen molar-refractivity contribution in [1.29, 1.82) is 0 Å². The first-order chi connectivity index (χ1) is 13.7. The summed E-state index contributed by atoms with van der Waals surface area (Å²) in [6, 6.07) is 1.08. The Hall–Kier alpha value is -2.37. The lowest BCUT2D eigenvalue weighted by molar-refractivity contribution is -0.163. The van der Waals surface area contributed by atoms with Crippen LogP contribution in [0.15, 0.2) is 21.2 Å². The van der Waals surface area contributed by atoms with Gasteiger partial charge in [-0.05, 0) is 6.92 Å². The van der Waals surface area contributed by atoms with Crippen molar-refractivity contribution in [3.63, 3.8) is 0 Å². The molecule has 156 valence electrons. The van der Waals surface area contributed by atoms with Gasteiger partial charge in [0, 0.05) is 35.2 Å². The summed E-state index contributed by atoms with van der Waals surface area (Å²) in [4.78, 5) is 39.1. The third-order valence-corrected chi connectivity index (χ3v) is 7.14. The smallest absolute Gasteiger partial charge is 0.358 e. The molecule has 0 saturated carbocycles. The average Bonchev–Trinajstić information content (AvgIpc) is 3.15. The van der Waals surface area contributed by atoms with Gasteiger partial charge in [-0.15, -0.1) is 11.8 Å². The summed E-state index contributed by atoms with van der Waals surface area (Å²) < 4.78 is 5.01. The fourth-order valence-corrected chi connectivity index (χ4v) is 5.87. The highest BCUT2D eigenvalue weighted by Gasteiger charge is 2.60. The van der Waals surface area contributed by atoms with E-state index < -0.39 is 24.0 Å². The summed E-state index contributed by atoms with van der Waals surface area (Å²) in [5.41, 5.74) is -0.0986. The molecule has 1 aromatic heterocycles. The molecule has 10 nitrogen and oxygen atoms in total. The van der Waals surface area contributed by atoms with Crippen molar-refractivity contribution in [1.82, 2.24) is 15.0 Å². The van der Waals surface area contributed by atoms with E-state index in [1.54, 1.807) is 6.92 Å². The van der Waals surface area contributed by atoms with E-state index in [1.807, 2.05) is 11.8 Å².